The predicted octanol–water partition coefficient (Wildman–Crippen LogP) is 1.51. The lowest BCUT2D eigenvalue weighted by Crippen LogP contribution is -2.38. The fraction of sp³-hybridized carbons (Fsp3) is 0.429. The highest BCUT2D eigenvalue weighted by Gasteiger charge is 2.24. The molecule has 19 heavy (non-hydrogen) atoms. The van der Waals surface area contributed by atoms with Gasteiger partial charge in [-0.15, -0.1) is 0 Å². The van der Waals surface area contributed by atoms with Crippen molar-refractivity contribution in [3.63, 3.8) is 0 Å². The number of nitrogens with zero attached hydrogens (tertiary/aromatic N) is 1. The number of methoxy groups -OCH3 is 2. The van der Waals surface area contributed by atoms with Crippen LogP contribution in [0.15, 0.2) is 18.2 Å². The second-order valence-electron chi connectivity index (χ2n) is 4.40. The van der Waals surface area contributed by atoms with E-state index in [0.717, 1.165) is 0 Å². The summed E-state index contributed by atoms with van der Waals surface area (Å²) in [5, 5.41) is 0. The monoisotopic (exact) mass is 263 g/mol. The van der Waals surface area contributed by atoms with Crippen molar-refractivity contribution in [1.29, 1.82) is 0 Å². The molecule has 1 heterocycles. The molecule has 1 saturated heterocycles. The molecule has 2 rings (SSSR count). The van der Waals surface area contributed by atoms with E-state index in [9.17, 15) is 9.59 Å². The second-order valence-corrected chi connectivity index (χ2v) is 4.40. The van der Waals surface area contributed by atoms with Crippen molar-refractivity contribution in [3.05, 3.63) is 23.8 Å². The highest BCUT2D eigenvalue weighted by molar-refractivity contribution is 5.98. The third kappa shape index (κ3) is 2.86. The van der Waals surface area contributed by atoms with Crippen LogP contribution in [0.5, 0.6) is 11.5 Å². The van der Waals surface area contributed by atoms with Gasteiger partial charge in [-0.1, -0.05) is 0 Å². The first kappa shape index (κ1) is 13.4. The molecule has 0 atom stereocenters. The molecule has 1 aliphatic rings. The van der Waals surface area contributed by atoms with Gasteiger partial charge in [-0.3, -0.25) is 9.59 Å². The molecular formula is C14H17NO4. The first-order chi connectivity index (χ1) is 9.15. The van der Waals surface area contributed by atoms with Gasteiger partial charge in [-0.2, -0.15) is 0 Å². The van der Waals surface area contributed by atoms with Gasteiger partial charge in [0.1, 0.15) is 17.3 Å². The first-order valence-corrected chi connectivity index (χ1v) is 6.18. The Morgan fingerprint density at radius 3 is 2.42 bits per heavy atom. The van der Waals surface area contributed by atoms with E-state index in [1.54, 1.807) is 30.2 Å². The average molecular weight is 263 g/mol. The molecule has 0 radical (unpaired) electrons. The van der Waals surface area contributed by atoms with E-state index in [1.165, 1.54) is 7.11 Å². The van der Waals surface area contributed by atoms with Crippen LogP contribution in [0.4, 0.5) is 0 Å². The molecular weight excluding hydrogens is 246 g/mol. The number of piperidine rings is 1. The van der Waals surface area contributed by atoms with Crippen LogP contribution in [0.1, 0.15) is 23.2 Å². The number of ketones is 1. The molecule has 5 nitrogen and oxygen atoms in total. The Kier molecular flexibility index (Phi) is 4.04. The summed E-state index contributed by atoms with van der Waals surface area (Å²) in [6, 6.07) is 5.10. The predicted molar refractivity (Wildman–Crippen MR) is 69.7 cm³/mol. The Bertz CT molecular complexity index is 488. The maximum atomic E-state index is 12.4. The van der Waals surface area contributed by atoms with Crippen LogP contribution >= 0.6 is 0 Å². The van der Waals surface area contributed by atoms with Gasteiger partial charge in [-0.25, -0.2) is 0 Å². The minimum atomic E-state index is -0.105. The van der Waals surface area contributed by atoms with E-state index in [4.69, 9.17) is 9.47 Å². The quantitative estimate of drug-likeness (QED) is 0.829. The van der Waals surface area contributed by atoms with E-state index in [-0.39, 0.29) is 11.7 Å². The molecule has 0 N–H and O–H groups in total. The highest BCUT2D eigenvalue weighted by atomic mass is 16.5. The molecule has 0 aliphatic carbocycles. The Hall–Kier alpha value is -2.04. The lowest BCUT2D eigenvalue weighted by Gasteiger charge is -2.26. The van der Waals surface area contributed by atoms with Crippen molar-refractivity contribution in [1.82, 2.24) is 4.90 Å². The fourth-order valence-corrected chi connectivity index (χ4v) is 2.10. The van der Waals surface area contributed by atoms with E-state index >= 15 is 0 Å². The Morgan fingerprint density at radius 2 is 1.84 bits per heavy atom. The summed E-state index contributed by atoms with van der Waals surface area (Å²) in [6.45, 7) is 0.958. The summed E-state index contributed by atoms with van der Waals surface area (Å²) in [5.74, 6) is 1.24. The van der Waals surface area contributed by atoms with Gasteiger partial charge < -0.3 is 14.4 Å². The fourth-order valence-electron chi connectivity index (χ4n) is 2.10. The second kappa shape index (κ2) is 5.73. The number of rotatable bonds is 3. The number of Topliss-reactive ketones (excluding diaryl/α,β-unsaturated/α-hetero) is 1. The van der Waals surface area contributed by atoms with Gasteiger partial charge in [0.25, 0.3) is 5.91 Å². The van der Waals surface area contributed by atoms with Gasteiger partial charge in [-0.05, 0) is 12.1 Å². The molecule has 0 saturated carbocycles. The summed E-state index contributed by atoms with van der Waals surface area (Å²) in [6.07, 6.45) is 0.869. The zero-order valence-corrected chi connectivity index (χ0v) is 11.1. The van der Waals surface area contributed by atoms with Gasteiger partial charge in [0.05, 0.1) is 19.8 Å². The summed E-state index contributed by atoms with van der Waals surface area (Å²) >= 11 is 0. The standard InChI is InChI=1S/C14H17NO4/c1-18-11-3-4-12(13(9-11)19-2)14(17)15-7-5-10(16)6-8-15/h3-4,9H,5-8H2,1-2H3. The molecule has 0 unspecified atom stereocenters. The van der Waals surface area contributed by atoms with Crippen molar-refractivity contribution >= 4 is 11.7 Å². The van der Waals surface area contributed by atoms with E-state index in [0.29, 0.717) is 43.0 Å². The van der Waals surface area contributed by atoms with Crippen molar-refractivity contribution in [3.8, 4) is 11.5 Å². The maximum absolute atomic E-state index is 12.4. The third-order valence-corrected chi connectivity index (χ3v) is 3.25. The molecule has 0 aromatic heterocycles. The molecule has 1 amide bonds. The zero-order chi connectivity index (χ0) is 13.8. The Morgan fingerprint density at radius 1 is 1.16 bits per heavy atom. The minimum absolute atomic E-state index is 0.105. The van der Waals surface area contributed by atoms with Crippen LogP contribution in [0.2, 0.25) is 0 Å². The molecule has 0 spiro atoms. The summed E-state index contributed by atoms with van der Waals surface area (Å²) in [7, 11) is 3.08. The molecule has 5 heteroatoms. The van der Waals surface area contributed by atoms with Gasteiger partial charge in [0, 0.05) is 32.0 Å². The van der Waals surface area contributed by atoms with Crippen LogP contribution in [-0.4, -0.2) is 43.9 Å². The Labute approximate surface area is 112 Å². The minimum Gasteiger partial charge on any atom is -0.497 e. The first-order valence-electron chi connectivity index (χ1n) is 6.18. The van der Waals surface area contributed by atoms with Gasteiger partial charge >= 0.3 is 0 Å². The smallest absolute Gasteiger partial charge is 0.257 e. The molecule has 1 aromatic rings. The number of carbonyl (C=O) groups is 2. The molecule has 1 fully saturated rings. The van der Waals surface area contributed by atoms with Crippen LogP contribution in [0, 0.1) is 0 Å². The highest BCUT2D eigenvalue weighted by Crippen LogP contribution is 2.26. The van der Waals surface area contributed by atoms with E-state index in [2.05, 4.69) is 0 Å². The number of carbonyl (C=O) groups excluding carboxylic acids is 2. The lowest BCUT2D eigenvalue weighted by molar-refractivity contribution is -0.120. The van der Waals surface area contributed by atoms with Crippen molar-refractivity contribution in [2.24, 2.45) is 0 Å². The number of amides is 1. The van der Waals surface area contributed by atoms with Crippen LogP contribution in [0.3, 0.4) is 0 Å². The summed E-state index contributed by atoms with van der Waals surface area (Å²) in [4.78, 5) is 25.3. The number of benzene rings is 1. The largest absolute Gasteiger partial charge is 0.497 e. The zero-order valence-electron chi connectivity index (χ0n) is 11.1. The molecule has 0 bridgehead atoms. The summed E-state index contributed by atoms with van der Waals surface area (Å²) in [5.41, 5.74) is 0.498. The van der Waals surface area contributed by atoms with Crippen LogP contribution in [-0.2, 0) is 4.79 Å². The topological polar surface area (TPSA) is 55.8 Å². The average Bonchev–Trinajstić information content (AvgIpc) is 2.46. The molecule has 102 valence electrons. The lowest BCUT2D eigenvalue weighted by atomic mass is 10.1. The van der Waals surface area contributed by atoms with Gasteiger partial charge in [0.2, 0.25) is 0 Å². The van der Waals surface area contributed by atoms with E-state index < -0.39 is 0 Å². The number of likely N-dealkylation sites (tertiary alicyclic amines) is 1. The number of hydrogen-bond acceptors (Lipinski definition) is 4. The Balaban J connectivity index is 2.21. The molecule has 1 aliphatic heterocycles. The number of hydrogen-bond donors (Lipinski definition) is 0. The summed E-state index contributed by atoms with van der Waals surface area (Å²) < 4.78 is 10.3. The van der Waals surface area contributed by atoms with E-state index in [1.807, 2.05) is 0 Å². The number of ether oxygens (including phenoxy) is 2. The normalized spacial score (nSPS) is 15.3. The maximum Gasteiger partial charge on any atom is 0.257 e. The third-order valence-electron chi connectivity index (χ3n) is 3.25. The molecule has 1 aromatic carbocycles. The van der Waals surface area contributed by atoms with Crippen molar-refractivity contribution in [2.45, 2.75) is 12.8 Å². The SMILES string of the molecule is COc1ccc(C(=O)N2CCC(=O)CC2)c(OC)c1. The van der Waals surface area contributed by atoms with Crippen LogP contribution in [0.25, 0.3) is 0 Å². The van der Waals surface area contributed by atoms with Crippen molar-refractivity contribution in [2.75, 3.05) is 27.3 Å². The van der Waals surface area contributed by atoms with Crippen LogP contribution < -0.4 is 9.47 Å². The van der Waals surface area contributed by atoms with Gasteiger partial charge in [0.15, 0.2) is 0 Å². The van der Waals surface area contributed by atoms with Crippen molar-refractivity contribution < 1.29 is 19.1 Å².